The molecule has 1 atom stereocenters. The van der Waals surface area contributed by atoms with Crippen LogP contribution in [-0.2, 0) is 22.6 Å². The van der Waals surface area contributed by atoms with Gasteiger partial charge >= 0.3 is 0 Å². The molecule has 3 aromatic carbocycles. The molecule has 0 saturated carbocycles. The van der Waals surface area contributed by atoms with Crippen LogP contribution in [0.4, 0.5) is 0 Å². The van der Waals surface area contributed by atoms with E-state index >= 15 is 0 Å². The first-order valence-electron chi connectivity index (χ1n) is 10.5. The van der Waals surface area contributed by atoms with Crippen LogP contribution in [0.2, 0.25) is 0 Å². The number of para-hydroxylation sites is 1. The number of nitrogens with zero attached hydrogens (tertiary/aromatic N) is 1. The maximum Gasteiger partial charge on any atom is 0.261 e. The number of carbonyl (C=O) groups is 2. The number of nitrogens with one attached hydrogen (secondary N) is 1. The van der Waals surface area contributed by atoms with Crippen molar-refractivity contribution in [1.82, 2.24) is 10.2 Å². The molecule has 0 aromatic heterocycles. The van der Waals surface area contributed by atoms with Gasteiger partial charge in [-0.3, -0.25) is 9.59 Å². The molecule has 32 heavy (non-hydrogen) atoms. The SMILES string of the molecule is CNC(=O)[C@H](Cc1ccccc1)N(Cc1cccc(Br)c1)C(=O)COc1ccccc1C. The lowest BCUT2D eigenvalue weighted by Crippen LogP contribution is -2.51. The first kappa shape index (κ1) is 23.5. The van der Waals surface area contributed by atoms with Crippen molar-refractivity contribution in [1.29, 1.82) is 0 Å². The third kappa shape index (κ3) is 6.44. The molecule has 0 unspecified atom stereocenters. The predicted molar refractivity (Wildman–Crippen MR) is 129 cm³/mol. The van der Waals surface area contributed by atoms with E-state index < -0.39 is 6.04 Å². The van der Waals surface area contributed by atoms with Crippen LogP contribution >= 0.6 is 15.9 Å². The van der Waals surface area contributed by atoms with Crippen molar-refractivity contribution in [3.05, 3.63) is 100 Å². The van der Waals surface area contributed by atoms with Crippen molar-refractivity contribution in [2.45, 2.75) is 25.9 Å². The van der Waals surface area contributed by atoms with E-state index in [9.17, 15) is 9.59 Å². The van der Waals surface area contributed by atoms with E-state index in [2.05, 4.69) is 21.2 Å². The zero-order valence-corrected chi connectivity index (χ0v) is 19.8. The minimum atomic E-state index is -0.672. The fourth-order valence-corrected chi connectivity index (χ4v) is 3.94. The molecule has 2 amide bonds. The summed E-state index contributed by atoms with van der Waals surface area (Å²) in [5, 5.41) is 2.72. The van der Waals surface area contributed by atoms with Gasteiger partial charge in [-0.25, -0.2) is 0 Å². The summed E-state index contributed by atoms with van der Waals surface area (Å²) in [4.78, 5) is 27.9. The highest BCUT2D eigenvalue weighted by molar-refractivity contribution is 9.10. The van der Waals surface area contributed by atoms with Crippen LogP contribution in [0.3, 0.4) is 0 Å². The number of aryl methyl sites for hydroxylation is 1. The Balaban J connectivity index is 1.88. The Hall–Kier alpha value is -3.12. The normalized spacial score (nSPS) is 11.5. The lowest BCUT2D eigenvalue weighted by Gasteiger charge is -2.31. The van der Waals surface area contributed by atoms with E-state index in [0.717, 1.165) is 21.2 Å². The molecule has 6 heteroatoms. The predicted octanol–water partition coefficient (Wildman–Crippen LogP) is 4.52. The molecule has 1 N–H and O–H groups in total. The summed E-state index contributed by atoms with van der Waals surface area (Å²) in [6, 6.07) is 24.3. The average Bonchev–Trinajstić information content (AvgIpc) is 2.81. The lowest BCUT2D eigenvalue weighted by molar-refractivity contribution is -0.142. The fourth-order valence-electron chi connectivity index (χ4n) is 3.49. The van der Waals surface area contributed by atoms with E-state index in [1.807, 2.05) is 85.8 Å². The third-order valence-corrected chi connectivity index (χ3v) is 5.70. The number of halogens is 1. The molecule has 0 aliphatic carbocycles. The van der Waals surface area contributed by atoms with E-state index in [0.29, 0.717) is 18.7 Å². The first-order chi connectivity index (χ1) is 15.5. The molecule has 0 aliphatic heterocycles. The monoisotopic (exact) mass is 494 g/mol. The van der Waals surface area contributed by atoms with Gasteiger partial charge in [0.05, 0.1) is 0 Å². The number of hydrogen-bond donors (Lipinski definition) is 1. The molecule has 0 saturated heterocycles. The van der Waals surface area contributed by atoms with Gasteiger partial charge in [0.2, 0.25) is 5.91 Å². The van der Waals surface area contributed by atoms with Crippen LogP contribution in [0.15, 0.2) is 83.3 Å². The summed E-state index contributed by atoms with van der Waals surface area (Å²) in [7, 11) is 1.59. The molecule has 5 nitrogen and oxygen atoms in total. The molecule has 0 bridgehead atoms. The molecular formula is C26H27BrN2O3. The molecular weight excluding hydrogens is 468 g/mol. The Morgan fingerprint density at radius 2 is 1.66 bits per heavy atom. The molecule has 3 rings (SSSR count). The topological polar surface area (TPSA) is 58.6 Å². The van der Waals surface area contributed by atoms with E-state index in [1.165, 1.54) is 0 Å². The number of hydrogen-bond acceptors (Lipinski definition) is 3. The summed E-state index contributed by atoms with van der Waals surface area (Å²) in [5.41, 5.74) is 2.85. The standard InChI is InChI=1S/C26H27BrN2O3/c1-19-9-6-7-14-24(19)32-18-25(30)29(17-21-12-8-13-22(27)15-21)23(26(31)28-2)16-20-10-4-3-5-11-20/h3-15,23H,16-18H2,1-2H3,(H,28,31)/t23-/m0/s1. The summed E-state index contributed by atoms with van der Waals surface area (Å²) < 4.78 is 6.74. The molecule has 0 radical (unpaired) electrons. The molecule has 0 spiro atoms. The molecule has 0 fully saturated rings. The van der Waals surface area contributed by atoms with Crippen molar-refractivity contribution in [2.75, 3.05) is 13.7 Å². The van der Waals surface area contributed by atoms with E-state index in [-0.39, 0.29) is 18.4 Å². The van der Waals surface area contributed by atoms with E-state index in [1.54, 1.807) is 11.9 Å². The number of benzene rings is 3. The number of likely N-dealkylation sites (N-methyl/N-ethyl adjacent to an activating group) is 1. The van der Waals surface area contributed by atoms with Gasteiger partial charge in [-0.15, -0.1) is 0 Å². The zero-order valence-electron chi connectivity index (χ0n) is 18.3. The number of rotatable bonds is 9. The maximum absolute atomic E-state index is 13.4. The Morgan fingerprint density at radius 3 is 2.34 bits per heavy atom. The molecule has 0 aliphatic rings. The van der Waals surface area contributed by atoms with Crippen LogP contribution < -0.4 is 10.1 Å². The average molecular weight is 495 g/mol. The smallest absolute Gasteiger partial charge is 0.261 e. The van der Waals surface area contributed by atoms with Crippen LogP contribution in [0.1, 0.15) is 16.7 Å². The highest BCUT2D eigenvalue weighted by Crippen LogP contribution is 2.20. The van der Waals surface area contributed by atoms with E-state index in [4.69, 9.17) is 4.74 Å². The van der Waals surface area contributed by atoms with Crippen molar-refractivity contribution >= 4 is 27.7 Å². The number of amides is 2. The van der Waals surface area contributed by atoms with Crippen LogP contribution in [-0.4, -0.2) is 36.4 Å². The van der Waals surface area contributed by atoms with Crippen LogP contribution in [0.25, 0.3) is 0 Å². The summed E-state index contributed by atoms with van der Waals surface area (Å²) in [6.45, 7) is 2.07. The Kier molecular flexibility index (Phi) is 8.45. The second-order valence-electron chi connectivity index (χ2n) is 7.53. The fraction of sp³-hybridized carbons (Fsp3) is 0.231. The van der Waals surface area contributed by atoms with Crippen molar-refractivity contribution in [3.63, 3.8) is 0 Å². The van der Waals surface area contributed by atoms with Crippen molar-refractivity contribution in [2.24, 2.45) is 0 Å². The summed E-state index contributed by atoms with van der Waals surface area (Å²) >= 11 is 3.48. The van der Waals surface area contributed by atoms with Crippen LogP contribution in [0, 0.1) is 6.92 Å². The third-order valence-electron chi connectivity index (χ3n) is 5.20. The van der Waals surface area contributed by atoms with Gasteiger partial charge in [0.15, 0.2) is 6.61 Å². The van der Waals surface area contributed by atoms with Gasteiger partial charge in [0.1, 0.15) is 11.8 Å². The van der Waals surface area contributed by atoms with Gasteiger partial charge < -0.3 is 15.0 Å². The minimum absolute atomic E-state index is 0.152. The highest BCUT2D eigenvalue weighted by Gasteiger charge is 2.30. The first-order valence-corrected chi connectivity index (χ1v) is 11.2. The molecule has 166 valence electrons. The summed E-state index contributed by atoms with van der Waals surface area (Å²) in [5.74, 6) is 0.189. The van der Waals surface area contributed by atoms with Crippen LogP contribution in [0.5, 0.6) is 5.75 Å². The Bertz CT molecular complexity index is 1060. The van der Waals surface area contributed by atoms with Gasteiger partial charge in [0, 0.05) is 24.5 Å². The van der Waals surface area contributed by atoms with Gasteiger partial charge in [0.25, 0.3) is 5.91 Å². The quantitative estimate of drug-likeness (QED) is 0.475. The molecule has 0 heterocycles. The van der Waals surface area contributed by atoms with Gasteiger partial charge in [-0.2, -0.15) is 0 Å². The Labute approximate surface area is 197 Å². The summed E-state index contributed by atoms with van der Waals surface area (Å²) in [6.07, 6.45) is 0.407. The largest absolute Gasteiger partial charge is 0.484 e. The second-order valence-corrected chi connectivity index (χ2v) is 8.44. The Morgan fingerprint density at radius 1 is 0.969 bits per heavy atom. The maximum atomic E-state index is 13.4. The second kappa shape index (κ2) is 11.5. The van der Waals surface area contributed by atoms with Gasteiger partial charge in [-0.1, -0.05) is 76.6 Å². The lowest BCUT2D eigenvalue weighted by atomic mass is 10.0. The number of carbonyl (C=O) groups excluding carboxylic acids is 2. The van der Waals surface area contributed by atoms with Gasteiger partial charge in [-0.05, 0) is 41.8 Å². The number of ether oxygens (including phenoxy) is 1. The van der Waals surface area contributed by atoms with Crippen molar-refractivity contribution < 1.29 is 14.3 Å². The molecule has 3 aromatic rings. The van der Waals surface area contributed by atoms with Crippen molar-refractivity contribution in [3.8, 4) is 5.75 Å². The highest BCUT2D eigenvalue weighted by atomic mass is 79.9. The zero-order chi connectivity index (χ0) is 22.9. The minimum Gasteiger partial charge on any atom is -0.484 e.